The van der Waals surface area contributed by atoms with Crippen LogP contribution in [0.3, 0.4) is 0 Å². The molecule has 5 nitrogen and oxygen atoms in total. The molecule has 0 fully saturated rings. The summed E-state index contributed by atoms with van der Waals surface area (Å²) in [5, 5.41) is 5.11. The van der Waals surface area contributed by atoms with Crippen molar-refractivity contribution in [3.63, 3.8) is 0 Å². The molecule has 0 atom stereocenters. The van der Waals surface area contributed by atoms with Crippen molar-refractivity contribution in [3.8, 4) is 5.75 Å². The van der Waals surface area contributed by atoms with Gasteiger partial charge in [0.05, 0.1) is 0 Å². The number of carbonyl (C=O) groups is 2. The molecule has 2 aromatic rings. The number of ether oxygens (including phenoxy) is 1. The predicted octanol–water partition coefficient (Wildman–Crippen LogP) is 2.86. The van der Waals surface area contributed by atoms with E-state index >= 15 is 0 Å². The number of amides is 2. The Morgan fingerprint density at radius 1 is 1.04 bits per heavy atom. The fourth-order valence-corrected chi connectivity index (χ4v) is 2.03. The third kappa shape index (κ3) is 5.16. The minimum Gasteiger partial charge on any atom is -0.489 e. The lowest BCUT2D eigenvalue weighted by Gasteiger charge is -2.24. The van der Waals surface area contributed by atoms with Crippen LogP contribution in [-0.4, -0.2) is 25.1 Å². The first-order chi connectivity index (χ1) is 11.4. The molecular weight excluding hydrogens is 303 g/mol. The molecule has 2 amide bonds. The Morgan fingerprint density at radius 3 is 2.25 bits per heavy atom. The first-order valence-corrected chi connectivity index (χ1v) is 7.53. The van der Waals surface area contributed by atoms with Gasteiger partial charge in [0, 0.05) is 5.69 Å². The normalized spacial score (nSPS) is 10.8. The molecule has 2 aromatic carbocycles. The largest absolute Gasteiger partial charge is 0.489 e. The number of carbonyl (C=O) groups excluding carboxylic acids is 2. The van der Waals surface area contributed by atoms with Crippen molar-refractivity contribution < 1.29 is 14.3 Å². The molecule has 24 heavy (non-hydrogen) atoms. The molecule has 0 unspecified atom stereocenters. The van der Waals surface area contributed by atoms with E-state index in [0.29, 0.717) is 18.0 Å². The summed E-state index contributed by atoms with van der Waals surface area (Å²) in [5.74, 6) is -0.412. The molecule has 0 saturated heterocycles. The van der Waals surface area contributed by atoms with E-state index < -0.39 is 11.3 Å². The molecule has 0 heterocycles. The van der Waals surface area contributed by atoms with Crippen LogP contribution < -0.4 is 15.4 Å². The molecule has 0 saturated carbocycles. The second-order valence-corrected chi connectivity index (χ2v) is 5.87. The van der Waals surface area contributed by atoms with Crippen LogP contribution >= 0.6 is 0 Å². The highest BCUT2D eigenvalue weighted by Gasteiger charge is 2.28. The monoisotopic (exact) mass is 322 g/mol. The molecule has 122 valence electrons. The van der Waals surface area contributed by atoms with Gasteiger partial charge in [-0.05, 0) is 43.7 Å². The summed E-state index contributed by atoms with van der Waals surface area (Å²) in [5.41, 5.74) is 0.578. The minimum absolute atomic E-state index is 0.362. The average molecular weight is 322 g/mol. The van der Waals surface area contributed by atoms with Crippen molar-refractivity contribution in [1.29, 1.82) is 0 Å². The molecule has 0 aliphatic rings. The summed E-state index contributed by atoms with van der Waals surface area (Å²) in [4.78, 5) is 23.1. The van der Waals surface area contributed by atoms with Gasteiger partial charge in [0.15, 0.2) is 5.81 Å². The first-order valence-electron chi connectivity index (χ1n) is 7.53. The topological polar surface area (TPSA) is 67.4 Å². The van der Waals surface area contributed by atoms with Gasteiger partial charge in [0.2, 0.25) is 13.8 Å². The van der Waals surface area contributed by atoms with E-state index in [9.17, 15) is 9.59 Å². The van der Waals surface area contributed by atoms with Crippen molar-refractivity contribution >= 4 is 25.2 Å². The van der Waals surface area contributed by atoms with Crippen LogP contribution in [0, 0.1) is 0 Å². The van der Waals surface area contributed by atoms with Crippen LogP contribution in [0.4, 0.5) is 10.5 Å². The van der Waals surface area contributed by atoms with Gasteiger partial charge in [-0.3, -0.25) is 9.59 Å². The molecule has 2 radical (unpaired) electrons. The zero-order valence-corrected chi connectivity index (χ0v) is 13.7. The summed E-state index contributed by atoms with van der Waals surface area (Å²) in [7, 11) is 5.06. The van der Waals surface area contributed by atoms with Crippen molar-refractivity contribution in [2.75, 3.05) is 5.32 Å². The number of hydrogen-bond acceptors (Lipinski definition) is 3. The Bertz CT molecular complexity index is 700. The standard InChI is InChI=1S/C18H19BN2O3/c1-18(2,21-17(19)23)16(22)20-14-8-10-15(11-9-14)24-12-13-6-4-3-5-7-13/h3-11H,12H2,1-2H3,(H,20,22)(H,21,23). The van der Waals surface area contributed by atoms with Crippen LogP contribution in [0.25, 0.3) is 0 Å². The smallest absolute Gasteiger partial charge is 0.249 e. The highest BCUT2D eigenvalue weighted by atomic mass is 16.5. The Kier molecular flexibility index (Phi) is 5.63. The maximum absolute atomic E-state index is 12.2. The summed E-state index contributed by atoms with van der Waals surface area (Å²) >= 11 is 0. The Balaban J connectivity index is 1.92. The van der Waals surface area contributed by atoms with Crippen LogP contribution in [0.15, 0.2) is 54.6 Å². The van der Waals surface area contributed by atoms with E-state index in [1.165, 1.54) is 0 Å². The summed E-state index contributed by atoms with van der Waals surface area (Å²) in [6.07, 6.45) is 0. The molecule has 0 bridgehead atoms. The van der Waals surface area contributed by atoms with Gasteiger partial charge in [-0.15, -0.1) is 0 Å². The molecule has 2 rings (SSSR count). The molecule has 2 N–H and O–H groups in total. The lowest BCUT2D eigenvalue weighted by Crippen LogP contribution is -2.52. The zero-order valence-electron chi connectivity index (χ0n) is 13.7. The first kappa shape index (κ1) is 17.6. The van der Waals surface area contributed by atoms with Crippen molar-refractivity contribution in [2.45, 2.75) is 26.0 Å². The van der Waals surface area contributed by atoms with Crippen molar-refractivity contribution in [1.82, 2.24) is 5.32 Å². The fourth-order valence-electron chi connectivity index (χ4n) is 2.03. The summed E-state index contributed by atoms with van der Waals surface area (Å²) in [6, 6.07) is 16.9. The second-order valence-electron chi connectivity index (χ2n) is 5.87. The van der Waals surface area contributed by atoms with Gasteiger partial charge in [0.25, 0.3) is 0 Å². The SMILES string of the molecule is [B]C(=O)NC(C)(C)C(=O)Nc1ccc(OCc2ccccc2)cc1. The van der Waals surface area contributed by atoms with Gasteiger partial charge in [-0.1, -0.05) is 30.3 Å². The van der Waals surface area contributed by atoms with E-state index in [1.807, 2.05) is 30.3 Å². The van der Waals surface area contributed by atoms with Crippen LogP contribution in [0.1, 0.15) is 19.4 Å². The van der Waals surface area contributed by atoms with Crippen molar-refractivity contribution in [2.24, 2.45) is 0 Å². The fraction of sp³-hybridized carbons (Fsp3) is 0.222. The Morgan fingerprint density at radius 2 is 1.67 bits per heavy atom. The molecular formula is C18H19BN2O3. The maximum atomic E-state index is 12.2. The average Bonchev–Trinajstić information content (AvgIpc) is 2.54. The molecule has 0 aliphatic carbocycles. The zero-order chi connectivity index (χ0) is 17.6. The van der Waals surface area contributed by atoms with Gasteiger partial charge in [-0.2, -0.15) is 0 Å². The molecule has 0 aromatic heterocycles. The molecule has 0 aliphatic heterocycles. The quantitative estimate of drug-likeness (QED) is 0.804. The van der Waals surface area contributed by atoms with E-state index in [4.69, 9.17) is 12.6 Å². The molecule has 0 spiro atoms. The minimum atomic E-state index is -1.10. The molecule has 6 heteroatoms. The van der Waals surface area contributed by atoms with Crippen LogP contribution in [0.2, 0.25) is 0 Å². The van der Waals surface area contributed by atoms with E-state index in [2.05, 4.69) is 10.6 Å². The number of hydrogen-bond donors (Lipinski definition) is 2. The number of rotatable bonds is 6. The van der Waals surface area contributed by atoms with Crippen molar-refractivity contribution in [3.05, 3.63) is 60.2 Å². The van der Waals surface area contributed by atoms with E-state index in [-0.39, 0.29) is 5.91 Å². The number of anilines is 1. The Hall–Kier alpha value is -2.76. The van der Waals surface area contributed by atoms with E-state index in [1.54, 1.807) is 38.1 Å². The highest BCUT2D eigenvalue weighted by Crippen LogP contribution is 2.18. The summed E-state index contributed by atoms with van der Waals surface area (Å²) < 4.78 is 5.69. The summed E-state index contributed by atoms with van der Waals surface area (Å²) in [6.45, 7) is 3.62. The lowest BCUT2D eigenvalue weighted by atomic mass is 10.0. The maximum Gasteiger partial charge on any atom is 0.249 e. The third-order valence-electron chi connectivity index (χ3n) is 3.36. The second kappa shape index (κ2) is 7.68. The predicted molar refractivity (Wildman–Crippen MR) is 94.2 cm³/mol. The van der Waals surface area contributed by atoms with Gasteiger partial charge in [-0.25, -0.2) is 0 Å². The Labute approximate surface area is 142 Å². The third-order valence-corrected chi connectivity index (χ3v) is 3.36. The number of benzene rings is 2. The van der Waals surface area contributed by atoms with Gasteiger partial charge < -0.3 is 15.4 Å². The highest BCUT2D eigenvalue weighted by molar-refractivity contribution is 6.57. The van der Waals surface area contributed by atoms with Crippen LogP contribution in [-0.2, 0) is 11.4 Å². The number of nitrogens with one attached hydrogen (secondary N) is 2. The van der Waals surface area contributed by atoms with Gasteiger partial charge >= 0.3 is 0 Å². The lowest BCUT2D eigenvalue weighted by molar-refractivity contribution is -0.120. The van der Waals surface area contributed by atoms with Crippen LogP contribution in [0.5, 0.6) is 5.75 Å². The van der Waals surface area contributed by atoms with E-state index in [0.717, 1.165) is 5.56 Å². The van der Waals surface area contributed by atoms with Gasteiger partial charge in [0.1, 0.15) is 17.9 Å².